The Morgan fingerprint density at radius 1 is 1.17 bits per heavy atom. The van der Waals surface area contributed by atoms with Crippen LogP contribution < -0.4 is 9.47 Å². The maximum atomic E-state index is 13.3. The molecule has 1 unspecified atom stereocenters. The highest BCUT2D eigenvalue weighted by molar-refractivity contribution is 9.10. The van der Waals surface area contributed by atoms with Crippen LogP contribution in [0.5, 0.6) is 17.2 Å². The van der Waals surface area contributed by atoms with Crippen molar-refractivity contribution in [2.75, 3.05) is 40.9 Å². The van der Waals surface area contributed by atoms with Crippen molar-refractivity contribution in [3.8, 4) is 17.2 Å². The van der Waals surface area contributed by atoms with Gasteiger partial charge < -0.3 is 29.5 Å². The zero-order valence-corrected chi connectivity index (χ0v) is 22.7. The molecule has 9 heteroatoms. The Bertz CT molecular complexity index is 1150. The molecule has 2 aromatic rings. The molecule has 0 aromatic heterocycles. The fourth-order valence-electron chi connectivity index (χ4n) is 4.14. The molecule has 0 aliphatic carbocycles. The van der Waals surface area contributed by atoms with Crippen LogP contribution in [0.4, 0.5) is 0 Å². The van der Waals surface area contributed by atoms with Crippen molar-refractivity contribution in [1.29, 1.82) is 0 Å². The number of benzene rings is 2. The van der Waals surface area contributed by atoms with Gasteiger partial charge in [-0.3, -0.25) is 9.59 Å². The molecule has 1 saturated heterocycles. The van der Waals surface area contributed by atoms with E-state index in [-0.39, 0.29) is 22.8 Å². The highest BCUT2D eigenvalue weighted by atomic mass is 79.9. The number of unbranched alkanes of at least 4 members (excludes halogenated alkanes) is 1. The smallest absolute Gasteiger partial charge is 0.295 e. The molecule has 1 aliphatic heterocycles. The molecule has 36 heavy (non-hydrogen) atoms. The van der Waals surface area contributed by atoms with Crippen molar-refractivity contribution < 1.29 is 29.3 Å². The van der Waals surface area contributed by atoms with E-state index in [1.54, 1.807) is 36.4 Å². The Kier molecular flexibility index (Phi) is 9.39. The van der Waals surface area contributed by atoms with Crippen LogP contribution in [0.25, 0.3) is 5.76 Å². The summed E-state index contributed by atoms with van der Waals surface area (Å²) in [6.07, 6.45) is 2.52. The van der Waals surface area contributed by atoms with Crippen LogP contribution in [0.1, 0.15) is 43.4 Å². The second-order valence-electron chi connectivity index (χ2n) is 8.93. The van der Waals surface area contributed by atoms with E-state index in [0.717, 1.165) is 19.4 Å². The third-order valence-electron chi connectivity index (χ3n) is 6.00. The molecule has 8 nitrogen and oxygen atoms in total. The molecule has 1 atom stereocenters. The van der Waals surface area contributed by atoms with Gasteiger partial charge in [-0.2, -0.15) is 0 Å². The molecule has 0 spiro atoms. The van der Waals surface area contributed by atoms with E-state index in [1.807, 2.05) is 19.0 Å². The molecule has 2 aromatic carbocycles. The standard InChI is InChI=1S/C27H33BrN2O6/c1-5-6-13-36-19-10-7-9-17(14-19)24(31)22-23(18-15-20(28)25(32)21(16-18)35-4)30(27(34)26(22)33)12-8-11-29(2)3/h7,9-10,14-16,23,31-32H,5-6,8,11-13H2,1-4H3/b24-22+. The molecule has 0 bridgehead atoms. The maximum absolute atomic E-state index is 13.3. The average molecular weight is 561 g/mol. The van der Waals surface area contributed by atoms with Gasteiger partial charge in [0.2, 0.25) is 0 Å². The molecule has 3 rings (SSSR count). The minimum Gasteiger partial charge on any atom is -0.507 e. The quantitative estimate of drug-likeness (QED) is 0.177. The number of methoxy groups -OCH3 is 1. The molecular formula is C27H33BrN2O6. The van der Waals surface area contributed by atoms with Gasteiger partial charge in [-0.1, -0.05) is 25.5 Å². The first-order valence-electron chi connectivity index (χ1n) is 11.9. The van der Waals surface area contributed by atoms with E-state index in [0.29, 0.717) is 40.9 Å². The molecule has 0 saturated carbocycles. The minimum absolute atomic E-state index is 0.0183. The fourth-order valence-corrected chi connectivity index (χ4v) is 4.60. The number of aliphatic hydroxyl groups is 1. The van der Waals surface area contributed by atoms with E-state index < -0.39 is 17.7 Å². The van der Waals surface area contributed by atoms with E-state index in [9.17, 15) is 19.8 Å². The van der Waals surface area contributed by atoms with Crippen LogP contribution >= 0.6 is 15.9 Å². The number of aliphatic hydroxyl groups excluding tert-OH is 1. The first-order chi connectivity index (χ1) is 17.2. The monoisotopic (exact) mass is 560 g/mol. The van der Waals surface area contributed by atoms with Crippen molar-refractivity contribution in [3.05, 3.63) is 57.6 Å². The van der Waals surface area contributed by atoms with Crippen LogP contribution in [-0.2, 0) is 9.59 Å². The lowest BCUT2D eigenvalue weighted by Crippen LogP contribution is -2.32. The summed E-state index contributed by atoms with van der Waals surface area (Å²) in [5.41, 5.74) is 0.887. The number of carbonyl (C=O) groups excluding carboxylic acids is 2. The third-order valence-corrected chi connectivity index (χ3v) is 6.61. The summed E-state index contributed by atoms with van der Waals surface area (Å²) in [7, 11) is 5.29. The largest absolute Gasteiger partial charge is 0.507 e. The number of hydrogen-bond donors (Lipinski definition) is 2. The summed E-state index contributed by atoms with van der Waals surface area (Å²) < 4.78 is 11.4. The number of Topliss-reactive ketones (excluding diaryl/α,β-unsaturated/α-hetero) is 1. The SMILES string of the molecule is CCCCOc1cccc(/C(O)=C2\C(=O)C(=O)N(CCCN(C)C)C2c2cc(Br)c(O)c(OC)c2)c1. The molecule has 0 radical (unpaired) electrons. The van der Waals surface area contributed by atoms with Crippen molar-refractivity contribution in [3.63, 3.8) is 0 Å². The van der Waals surface area contributed by atoms with Gasteiger partial charge in [-0.05, 0) is 79.2 Å². The minimum atomic E-state index is -0.859. The zero-order chi connectivity index (χ0) is 26.4. The van der Waals surface area contributed by atoms with Gasteiger partial charge in [0.15, 0.2) is 11.5 Å². The Labute approximate surface area is 220 Å². The van der Waals surface area contributed by atoms with Crippen LogP contribution in [0.3, 0.4) is 0 Å². The normalized spacial score (nSPS) is 17.2. The second kappa shape index (κ2) is 12.3. The number of aromatic hydroxyl groups is 1. The van der Waals surface area contributed by atoms with E-state index in [4.69, 9.17) is 9.47 Å². The lowest BCUT2D eigenvalue weighted by Gasteiger charge is -2.26. The molecule has 1 fully saturated rings. The number of ketones is 1. The number of likely N-dealkylation sites (tertiary alicyclic amines) is 1. The number of rotatable bonds is 11. The zero-order valence-electron chi connectivity index (χ0n) is 21.1. The van der Waals surface area contributed by atoms with Crippen LogP contribution in [0, 0.1) is 0 Å². The van der Waals surface area contributed by atoms with Gasteiger partial charge in [0, 0.05) is 12.1 Å². The highest BCUT2D eigenvalue weighted by Gasteiger charge is 2.46. The molecule has 1 heterocycles. The van der Waals surface area contributed by atoms with Crippen LogP contribution in [-0.4, -0.2) is 72.6 Å². The number of hydrogen-bond acceptors (Lipinski definition) is 7. The third kappa shape index (κ3) is 6.02. The topological polar surface area (TPSA) is 99.5 Å². The van der Waals surface area contributed by atoms with Crippen LogP contribution in [0.2, 0.25) is 0 Å². The summed E-state index contributed by atoms with van der Waals surface area (Å²) in [6, 6.07) is 9.20. The Morgan fingerprint density at radius 2 is 1.92 bits per heavy atom. The highest BCUT2D eigenvalue weighted by Crippen LogP contribution is 2.44. The second-order valence-corrected chi connectivity index (χ2v) is 9.79. The first kappa shape index (κ1) is 27.5. The summed E-state index contributed by atoms with van der Waals surface area (Å²) in [5.74, 6) is -1.06. The lowest BCUT2D eigenvalue weighted by atomic mass is 9.95. The fraction of sp³-hybridized carbons (Fsp3) is 0.407. The number of halogens is 1. The number of nitrogens with zero attached hydrogens (tertiary/aromatic N) is 2. The predicted molar refractivity (Wildman–Crippen MR) is 141 cm³/mol. The number of amides is 1. The molecule has 194 valence electrons. The lowest BCUT2D eigenvalue weighted by molar-refractivity contribution is -0.139. The molecular weight excluding hydrogens is 528 g/mol. The molecule has 2 N–H and O–H groups in total. The van der Waals surface area contributed by atoms with E-state index in [2.05, 4.69) is 22.9 Å². The summed E-state index contributed by atoms with van der Waals surface area (Å²) in [4.78, 5) is 29.9. The van der Waals surface area contributed by atoms with Crippen molar-refractivity contribution >= 4 is 33.4 Å². The van der Waals surface area contributed by atoms with Crippen molar-refractivity contribution in [1.82, 2.24) is 9.80 Å². The van der Waals surface area contributed by atoms with E-state index >= 15 is 0 Å². The van der Waals surface area contributed by atoms with Crippen molar-refractivity contribution in [2.24, 2.45) is 0 Å². The number of carbonyl (C=O) groups is 2. The van der Waals surface area contributed by atoms with Gasteiger partial charge in [0.1, 0.15) is 11.5 Å². The predicted octanol–water partition coefficient (Wildman–Crippen LogP) is 4.72. The molecule has 1 amide bonds. The Hall–Kier alpha value is -3.04. The Morgan fingerprint density at radius 3 is 2.58 bits per heavy atom. The Balaban J connectivity index is 2.12. The number of phenolic OH excluding ortho intramolecular Hbond substituents is 1. The van der Waals surface area contributed by atoms with Gasteiger partial charge in [0.05, 0.1) is 29.8 Å². The van der Waals surface area contributed by atoms with Gasteiger partial charge >= 0.3 is 0 Å². The summed E-state index contributed by atoms with van der Waals surface area (Å²) >= 11 is 3.33. The van der Waals surface area contributed by atoms with Crippen LogP contribution in [0.15, 0.2) is 46.4 Å². The summed E-state index contributed by atoms with van der Waals surface area (Å²) in [6.45, 7) is 3.64. The summed E-state index contributed by atoms with van der Waals surface area (Å²) in [5, 5.41) is 21.7. The van der Waals surface area contributed by atoms with Gasteiger partial charge in [0.25, 0.3) is 11.7 Å². The average Bonchev–Trinajstić information content (AvgIpc) is 3.10. The number of phenols is 1. The van der Waals surface area contributed by atoms with Gasteiger partial charge in [-0.15, -0.1) is 0 Å². The van der Waals surface area contributed by atoms with Gasteiger partial charge in [-0.25, -0.2) is 0 Å². The molecule has 1 aliphatic rings. The van der Waals surface area contributed by atoms with Crippen molar-refractivity contribution in [2.45, 2.75) is 32.2 Å². The maximum Gasteiger partial charge on any atom is 0.295 e. The number of ether oxygens (including phenoxy) is 2. The van der Waals surface area contributed by atoms with E-state index in [1.165, 1.54) is 12.0 Å². The first-order valence-corrected chi connectivity index (χ1v) is 12.7.